The molecule has 0 saturated carbocycles. The smallest absolute Gasteiger partial charge is 0.185 e. The summed E-state index contributed by atoms with van der Waals surface area (Å²) in [7, 11) is -3.44. The molecule has 104 valence electrons. The monoisotopic (exact) mass is 306 g/mol. The van der Waals surface area contributed by atoms with Crippen LogP contribution in [0.3, 0.4) is 0 Å². The van der Waals surface area contributed by atoms with Gasteiger partial charge >= 0.3 is 0 Å². The molecule has 0 spiro atoms. The normalized spacial score (nSPS) is 13.4. The first-order chi connectivity index (χ1) is 9.66. The zero-order chi connectivity index (χ0) is 14.4. The van der Waals surface area contributed by atoms with Crippen LogP contribution < -0.4 is 0 Å². The highest BCUT2D eigenvalue weighted by molar-refractivity contribution is 7.91. The van der Waals surface area contributed by atoms with Crippen molar-refractivity contribution in [1.29, 1.82) is 0 Å². The Labute approximate surface area is 124 Å². The van der Waals surface area contributed by atoms with Crippen molar-refractivity contribution >= 4 is 21.4 Å². The summed E-state index contributed by atoms with van der Waals surface area (Å²) in [6, 6.07) is 17.7. The molecule has 2 rings (SSSR count). The molecule has 0 heterocycles. The lowest BCUT2D eigenvalue weighted by Gasteiger charge is -2.16. The van der Waals surface area contributed by atoms with Crippen LogP contribution in [0.4, 0.5) is 0 Å². The lowest BCUT2D eigenvalue weighted by molar-refractivity contribution is 0.582. The van der Waals surface area contributed by atoms with Crippen LogP contribution in [0.25, 0.3) is 0 Å². The average Bonchev–Trinajstić information content (AvgIpc) is 2.49. The lowest BCUT2D eigenvalue weighted by Crippen LogP contribution is -2.13. The fraction of sp³-hybridized carbons (Fsp3) is 0.125. The minimum atomic E-state index is -3.44. The molecule has 0 saturated heterocycles. The van der Waals surface area contributed by atoms with Gasteiger partial charge in [0.05, 0.1) is 10.1 Å². The van der Waals surface area contributed by atoms with E-state index in [1.807, 2.05) is 30.3 Å². The molecule has 2 aromatic rings. The summed E-state index contributed by atoms with van der Waals surface area (Å²) < 4.78 is 25.5. The molecule has 0 N–H and O–H groups in total. The Morgan fingerprint density at radius 1 is 0.950 bits per heavy atom. The van der Waals surface area contributed by atoms with E-state index < -0.39 is 15.1 Å². The van der Waals surface area contributed by atoms with Gasteiger partial charge in [-0.15, -0.1) is 0 Å². The van der Waals surface area contributed by atoms with E-state index in [9.17, 15) is 8.42 Å². The molecule has 0 fully saturated rings. The highest BCUT2D eigenvalue weighted by Gasteiger charge is 2.27. The van der Waals surface area contributed by atoms with Gasteiger partial charge in [0.2, 0.25) is 0 Å². The highest BCUT2D eigenvalue weighted by Crippen LogP contribution is 2.32. The molecule has 0 radical (unpaired) electrons. The fourth-order valence-corrected chi connectivity index (χ4v) is 3.91. The second kappa shape index (κ2) is 6.73. The predicted molar refractivity (Wildman–Crippen MR) is 82.4 cm³/mol. The van der Waals surface area contributed by atoms with Crippen molar-refractivity contribution in [1.82, 2.24) is 0 Å². The van der Waals surface area contributed by atoms with Crippen LogP contribution in [-0.2, 0) is 9.84 Å². The van der Waals surface area contributed by atoms with Crippen molar-refractivity contribution in [3.8, 4) is 0 Å². The Bertz CT molecular complexity index is 664. The molecule has 4 heteroatoms. The third-order valence-electron chi connectivity index (χ3n) is 3.06. The first-order valence-electron chi connectivity index (χ1n) is 6.25. The minimum absolute atomic E-state index is 0.330. The van der Waals surface area contributed by atoms with Crippen molar-refractivity contribution in [3.63, 3.8) is 0 Å². The SMILES string of the molecule is O=S(=O)(c1ccccc1)C(CC=CCl)c1ccccc1. The quantitative estimate of drug-likeness (QED) is 0.823. The van der Waals surface area contributed by atoms with Crippen LogP contribution in [0.15, 0.2) is 77.2 Å². The number of hydrogen-bond donors (Lipinski definition) is 0. The van der Waals surface area contributed by atoms with Gasteiger partial charge in [-0.1, -0.05) is 66.2 Å². The van der Waals surface area contributed by atoms with Crippen LogP contribution in [0, 0.1) is 0 Å². The molecule has 20 heavy (non-hydrogen) atoms. The van der Waals surface area contributed by atoms with Gasteiger partial charge in [0.1, 0.15) is 0 Å². The summed E-state index contributed by atoms with van der Waals surface area (Å²) in [5.41, 5.74) is 2.13. The first kappa shape index (κ1) is 14.8. The predicted octanol–water partition coefficient (Wildman–Crippen LogP) is 4.34. The summed E-state index contributed by atoms with van der Waals surface area (Å²) in [4.78, 5) is 0.330. The first-order valence-corrected chi connectivity index (χ1v) is 8.23. The Morgan fingerprint density at radius 3 is 2.05 bits per heavy atom. The molecule has 2 nitrogen and oxygen atoms in total. The standard InChI is InChI=1S/C16H15ClO2S/c17-13-7-12-16(14-8-3-1-4-9-14)20(18,19)15-10-5-2-6-11-15/h1-11,13,16H,12H2. The largest absolute Gasteiger partial charge is 0.223 e. The van der Waals surface area contributed by atoms with E-state index >= 15 is 0 Å². The number of hydrogen-bond acceptors (Lipinski definition) is 2. The summed E-state index contributed by atoms with van der Waals surface area (Å²) in [6.07, 6.45) is 2.02. The van der Waals surface area contributed by atoms with Crippen LogP contribution in [-0.4, -0.2) is 8.42 Å². The van der Waals surface area contributed by atoms with Gasteiger partial charge in [0, 0.05) is 5.54 Å². The van der Waals surface area contributed by atoms with Gasteiger partial charge in [-0.25, -0.2) is 8.42 Å². The van der Waals surface area contributed by atoms with Crippen molar-refractivity contribution in [2.75, 3.05) is 0 Å². The fourth-order valence-electron chi connectivity index (χ4n) is 2.06. The molecule has 0 aliphatic rings. The van der Waals surface area contributed by atoms with E-state index in [2.05, 4.69) is 0 Å². The van der Waals surface area contributed by atoms with E-state index in [-0.39, 0.29) is 0 Å². The minimum Gasteiger partial charge on any atom is -0.223 e. The maximum Gasteiger partial charge on any atom is 0.185 e. The van der Waals surface area contributed by atoms with Crippen molar-refractivity contribution in [2.45, 2.75) is 16.6 Å². The molecule has 1 atom stereocenters. The molecule has 0 aromatic heterocycles. The van der Waals surface area contributed by atoms with E-state index in [1.165, 1.54) is 5.54 Å². The van der Waals surface area contributed by atoms with Crippen LogP contribution in [0.1, 0.15) is 17.2 Å². The van der Waals surface area contributed by atoms with E-state index in [0.29, 0.717) is 11.3 Å². The second-order valence-corrected chi connectivity index (χ2v) is 6.74. The molecular weight excluding hydrogens is 292 g/mol. The third-order valence-corrected chi connectivity index (χ3v) is 5.38. The number of rotatable bonds is 5. The molecule has 0 amide bonds. The molecule has 0 aliphatic carbocycles. The van der Waals surface area contributed by atoms with E-state index in [1.54, 1.807) is 36.4 Å². The zero-order valence-corrected chi connectivity index (χ0v) is 12.4. The van der Waals surface area contributed by atoms with Crippen LogP contribution >= 0.6 is 11.6 Å². The topological polar surface area (TPSA) is 34.1 Å². The van der Waals surface area contributed by atoms with Gasteiger partial charge in [0.25, 0.3) is 0 Å². The van der Waals surface area contributed by atoms with Gasteiger partial charge in [-0.2, -0.15) is 0 Å². The van der Waals surface area contributed by atoms with Gasteiger partial charge in [0.15, 0.2) is 9.84 Å². The molecule has 2 aromatic carbocycles. The zero-order valence-electron chi connectivity index (χ0n) is 10.8. The molecule has 0 aliphatic heterocycles. The average molecular weight is 307 g/mol. The maximum absolute atomic E-state index is 12.8. The second-order valence-electron chi connectivity index (χ2n) is 4.35. The Kier molecular flexibility index (Phi) is 4.99. The molecular formula is C16H15ClO2S. The Hall–Kier alpha value is -1.58. The van der Waals surface area contributed by atoms with E-state index in [0.717, 1.165) is 5.56 Å². The van der Waals surface area contributed by atoms with Crippen LogP contribution in [0.5, 0.6) is 0 Å². The molecule has 0 bridgehead atoms. The lowest BCUT2D eigenvalue weighted by atomic mass is 10.1. The summed E-state index contributed by atoms with van der Waals surface area (Å²) >= 11 is 5.55. The maximum atomic E-state index is 12.8. The highest BCUT2D eigenvalue weighted by atomic mass is 35.5. The van der Waals surface area contributed by atoms with Crippen molar-refractivity contribution < 1.29 is 8.42 Å². The summed E-state index contributed by atoms with van der Waals surface area (Å²) in [5.74, 6) is 0. The summed E-state index contributed by atoms with van der Waals surface area (Å²) in [6.45, 7) is 0. The number of halogens is 1. The molecule has 1 unspecified atom stereocenters. The number of benzene rings is 2. The number of allylic oxidation sites excluding steroid dienone is 1. The van der Waals surface area contributed by atoms with Crippen molar-refractivity contribution in [3.05, 3.63) is 77.8 Å². The van der Waals surface area contributed by atoms with Crippen molar-refractivity contribution in [2.24, 2.45) is 0 Å². The van der Waals surface area contributed by atoms with E-state index in [4.69, 9.17) is 11.6 Å². The summed E-state index contributed by atoms with van der Waals surface area (Å²) in [5, 5.41) is -0.624. The number of sulfone groups is 1. The van der Waals surface area contributed by atoms with Crippen LogP contribution in [0.2, 0.25) is 0 Å². The van der Waals surface area contributed by atoms with Gasteiger partial charge < -0.3 is 0 Å². The Morgan fingerprint density at radius 2 is 1.50 bits per heavy atom. The Balaban J connectivity index is 2.47. The van der Waals surface area contributed by atoms with Gasteiger partial charge in [-0.3, -0.25) is 0 Å². The third kappa shape index (κ3) is 3.30. The van der Waals surface area contributed by atoms with Gasteiger partial charge in [-0.05, 0) is 24.1 Å².